The molecule has 0 unspecified atom stereocenters. The molecule has 4 rings (SSSR count). The second-order valence-corrected chi connectivity index (χ2v) is 6.90. The predicted molar refractivity (Wildman–Crippen MR) is 99.6 cm³/mol. The lowest BCUT2D eigenvalue weighted by atomic mass is 10.2. The van der Waals surface area contributed by atoms with Gasteiger partial charge in [-0.25, -0.2) is 0 Å². The Morgan fingerprint density at radius 3 is 2.68 bits per heavy atom. The average Bonchev–Trinajstić information content (AvgIpc) is 3.29. The van der Waals surface area contributed by atoms with Crippen molar-refractivity contribution >= 4 is 28.4 Å². The minimum absolute atomic E-state index is 0.792. The first kappa shape index (κ1) is 16.3. The summed E-state index contributed by atoms with van der Waals surface area (Å²) in [6.07, 6.45) is 0.993. The van der Waals surface area contributed by atoms with Crippen LogP contribution in [0.15, 0.2) is 18.2 Å². The Hall–Kier alpha value is -2.19. The van der Waals surface area contributed by atoms with E-state index in [1.165, 1.54) is 11.7 Å². The smallest absolute Gasteiger partial charge is 0.148 e. The van der Waals surface area contributed by atoms with Gasteiger partial charge in [0, 0.05) is 44.8 Å². The summed E-state index contributed by atoms with van der Waals surface area (Å²) in [6, 6.07) is 6.22. The first-order valence-corrected chi connectivity index (χ1v) is 9.25. The minimum Gasteiger partial charge on any atom is -0.494 e. The number of nitrogens with one attached hydrogen (secondary N) is 1. The van der Waals surface area contributed by atoms with Crippen LogP contribution in [0.5, 0.6) is 5.75 Å². The van der Waals surface area contributed by atoms with Crippen LogP contribution in [0.1, 0.15) is 11.4 Å². The molecular weight excluding hydrogens is 336 g/mol. The number of piperazine rings is 1. The van der Waals surface area contributed by atoms with Gasteiger partial charge in [0.2, 0.25) is 0 Å². The summed E-state index contributed by atoms with van der Waals surface area (Å²) in [6.45, 7) is 7.19. The van der Waals surface area contributed by atoms with Gasteiger partial charge in [-0.3, -0.25) is 10.00 Å². The molecule has 1 aromatic carbocycles. The van der Waals surface area contributed by atoms with Gasteiger partial charge in [0.1, 0.15) is 16.8 Å². The molecule has 0 atom stereocenters. The number of aromatic nitrogens is 4. The van der Waals surface area contributed by atoms with Crippen LogP contribution in [-0.4, -0.2) is 63.7 Å². The van der Waals surface area contributed by atoms with Crippen LogP contribution in [0.2, 0.25) is 0 Å². The highest BCUT2D eigenvalue weighted by Crippen LogP contribution is 2.32. The summed E-state index contributed by atoms with van der Waals surface area (Å²) >= 11 is 1.24. The van der Waals surface area contributed by atoms with E-state index in [4.69, 9.17) is 4.74 Å². The Balaban J connectivity index is 1.39. The second kappa shape index (κ2) is 6.97. The third-order valence-corrected chi connectivity index (χ3v) is 5.26. The summed E-state index contributed by atoms with van der Waals surface area (Å²) < 4.78 is 14.3. The van der Waals surface area contributed by atoms with Gasteiger partial charge in [0.05, 0.1) is 30.2 Å². The van der Waals surface area contributed by atoms with Crippen LogP contribution in [0.4, 0.5) is 5.69 Å². The summed E-state index contributed by atoms with van der Waals surface area (Å²) in [5.74, 6) is 0.792. The van der Waals surface area contributed by atoms with Crippen molar-refractivity contribution in [3.05, 3.63) is 29.6 Å². The van der Waals surface area contributed by atoms with E-state index in [-0.39, 0.29) is 0 Å². The Labute approximate surface area is 150 Å². The maximum absolute atomic E-state index is 5.39. The predicted octanol–water partition coefficient (Wildman–Crippen LogP) is 2.10. The van der Waals surface area contributed by atoms with Crippen LogP contribution in [0.3, 0.4) is 0 Å². The van der Waals surface area contributed by atoms with E-state index in [1.807, 2.05) is 13.0 Å². The molecule has 0 amide bonds. The number of hydrogen-bond acceptors (Lipinski definition) is 7. The first-order chi connectivity index (χ1) is 12.2. The van der Waals surface area contributed by atoms with E-state index in [9.17, 15) is 0 Å². The van der Waals surface area contributed by atoms with Gasteiger partial charge < -0.3 is 9.64 Å². The van der Waals surface area contributed by atoms with Crippen molar-refractivity contribution < 1.29 is 4.74 Å². The van der Waals surface area contributed by atoms with Gasteiger partial charge in [-0.15, -0.1) is 0 Å². The second-order valence-electron chi connectivity index (χ2n) is 6.37. The summed E-state index contributed by atoms with van der Waals surface area (Å²) in [5, 5.41) is 7.33. The molecule has 1 N–H and O–H groups in total. The van der Waals surface area contributed by atoms with Crippen molar-refractivity contribution in [1.29, 1.82) is 0 Å². The number of H-pyrrole nitrogens is 1. The topological polar surface area (TPSA) is 70.2 Å². The fraction of sp³-hybridized carbons (Fsp3) is 0.471. The summed E-state index contributed by atoms with van der Waals surface area (Å²) in [5.41, 5.74) is 5.24. The molecular formula is C17H22N6OS. The molecule has 1 aliphatic rings. The Kier molecular flexibility index (Phi) is 4.54. The van der Waals surface area contributed by atoms with E-state index >= 15 is 0 Å². The average molecular weight is 358 g/mol. The number of fused-ring (bicyclic) bond motifs is 1. The normalized spacial score (nSPS) is 15.8. The van der Waals surface area contributed by atoms with Gasteiger partial charge in [-0.2, -0.15) is 13.8 Å². The first-order valence-electron chi connectivity index (χ1n) is 8.52. The quantitative estimate of drug-likeness (QED) is 0.753. The third kappa shape index (κ3) is 3.32. The molecule has 0 bridgehead atoms. The molecule has 1 fully saturated rings. The molecule has 2 aromatic heterocycles. The van der Waals surface area contributed by atoms with E-state index in [2.05, 4.69) is 40.9 Å². The number of aromatic amines is 1. The molecule has 0 aliphatic carbocycles. The van der Waals surface area contributed by atoms with Crippen LogP contribution < -0.4 is 9.64 Å². The van der Waals surface area contributed by atoms with Crippen molar-refractivity contribution in [2.45, 2.75) is 13.3 Å². The molecule has 3 aromatic rings. The molecule has 7 nitrogen and oxygen atoms in total. The number of benzene rings is 1. The van der Waals surface area contributed by atoms with Crippen LogP contribution in [0, 0.1) is 6.92 Å². The molecule has 132 valence electrons. The highest BCUT2D eigenvalue weighted by atomic mass is 32.1. The minimum atomic E-state index is 0.792. The molecule has 0 radical (unpaired) electrons. The zero-order valence-electron chi connectivity index (χ0n) is 14.5. The van der Waals surface area contributed by atoms with Crippen LogP contribution in [0.25, 0.3) is 11.0 Å². The lowest BCUT2D eigenvalue weighted by Gasteiger charge is -2.36. The maximum atomic E-state index is 5.39. The number of anilines is 1. The lowest BCUT2D eigenvalue weighted by molar-refractivity contribution is 0.260. The summed E-state index contributed by atoms with van der Waals surface area (Å²) in [4.78, 5) is 4.90. The molecule has 8 heteroatoms. The fourth-order valence-corrected chi connectivity index (χ4v) is 3.90. The van der Waals surface area contributed by atoms with Crippen molar-refractivity contribution in [3.63, 3.8) is 0 Å². The monoisotopic (exact) mass is 358 g/mol. The number of hydrogen-bond donors (Lipinski definition) is 1. The summed E-state index contributed by atoms with van der Waals surface area (Å²) in [7, 11) is 1.67. The van der Waals surface area contributed by atoms with E-state index in [1.54, 1.807) is 7.11 Å². The molecule has 1 aliphatic heterocycles. The largest absolute Gasteiger partial charge is 0.494 e. The number of methoxy groups -OCH3 is 1. The zero-order chi connectivity index (χ0) is 17.2. The van der Waals surface area contributed by atoms with Crippen molar-refractivity contribution in [2.24, 2.45) is 0 Å². The van der Waals surface area contributed by atoms with Gasteiger partial charge in [0.25, 0.3) is 0 Å². The standard InChI is InChI=1S/C17H22N6OS/c1-12-11-13(19-18-12)5-6-22-7-9-23(10-8-22)14-3-4-15(24-2)17-16(14)20-25-21-17/h3-4,11H,5-10H2,1-2H3,(H,18,19). The van der Waals surface area contributed by atoms with Gasteiger partial charge >= 0.3 is 0 Å². The molecule has 0 saturated carbocycles. The van der Waals surface area contributed by atoms with Crippen LogP contribution >= 0.6 is 11.7 Å². The molecule has 1 saturated heterocycles. The van der Waals surface area contributed by atoms with Crippen LogP contribution in [-0.2, 0) is 6.42 Å². The van der Waals surface area contributed by atoms with Crippen molar-refractivity contribution in [2.75, 3.05) is 44.7 Å². The molecule has 25 heavy (non-hydrogen) atoms. The molecule has 0 spiro atoms. The number of nitrogens with zero attached hydrogens (tertiary/aromatic N) is 5. The molecule has 3 heterocycles. The zero-order valence-corrected chi connectivity index (χ0v) is 15.3. The third-order valence-electron chi connectivity index (χ3n) is 4.73. The number of aryl methyl sites for hydroxylation is 1. The van der Waals surface area contributed by atoms with E-state index in [0.29, 0.717) is 0 Å². The van der Waals surface area contributed by atoms with Crippen molar-refractivity contribution in [3.8, 4) is 5.75 Å². The Morgan fingerprint density at radius 1 is 1.16 bits per heavy atom. The van der Waals surface area contributed by atoms with E-state index < -0.39 is 0 Å². The number of rotatable bonds is 5. The van der Waals surface area contributed by atoms with E-state index in [0.717, 1.165) is 73.0 Å². The van der Waals surface area contributed by atoms with Crippen molar-refractivity contribution in [1.82, 2.24) is 23.8 Å². The van der Waals surface area contributed by atoms with Gasteiger partial charge in [0.15, 0.2) is 0 Å². The lowest BCUT2D eigenvalue weighted by Crippen LogP contribution is -2.47. The Bertz CT molecular complexity index is 852. The highest BCUT2D eigenvalue weighted by molar-refractivity contribution is 7.00. The number of ether oxygens (including phenoxy) is 1. The maximum Gasteiger partial charge on any atom is 0.148 e. The SMILES string of the molecule is COc1ccc(N2CCN(CCc3cc(C)[nH]n3)CC2)c2nsnc12. The Morgan fingerprint density at radius 2 is 1.96 bits per heavy atom. The van der Waals surface area contributed by atoms with Gasteiger partial charge in [-0.05, 0) is 25.1 Å². The van der Waals surface area contributed by atoms with Gasteiger partial charge in [-0.1, -0.05) is 0 Å². The highest BCUT2D eigenvalue weighted by Gasteiger charge is 2.21. The fourth-order valence-electron chi connectivity index (χ4n) is 3.34.